The zero-order valence-corrected chi connectivity index (χ0v) is 6.16. The fourth-order valence-electron chi connectivity index (χ4n) is 0.975. The van der Waals surface area contributed by atoms with Gasteiger partial charge in [0.15, 0.2) is 0 Å². The molecule has 1 rings (SSSR count). The van der Waals surface area contributed by atoms with Gasteiger partial charge in [-0.2, -0.15) is 0 Å². The van der Waals surface area contributed by atoms with E-state index in [-0.39, 0.29) is 0 Å². The highest BCUT2D eigenvalue weighted by Gasteiger charge is 1.89. The first kappa shape index (κ1) is 6.34. The Labute approximate surface area is 55.2 Å². The average Bonchev–Trinajstić information content (AvgIpc) is 1.62. The van der Waals surface area contributed by atoms with Gasteiger partial charge in [-0.05, 0) is 25.0 Å². The molecule has 0 nitrogen and oxygen atoms in total. The third kappa shape index (κ3) is 2.51. The van der Waals surface area contributed by atoms with Gasteiger partial charge in [-0.3, -0.25) is 0 Å². The summed E-state index contributed by atoms with van der Waals surface area (Å²) in [5.41, 5.74) is 0. The summed E-state index contributed by atoms with van der Waals surface area (Å²) >= 11 is 1.58. The molecule has 0 aliphatic carbocycles. The van der Waals surface area contributed by atoms with Crippen molar-refractivity contribution in [1.82, 2.24) is 0 Å². The second-order valence-electron chi connectivity index (χ2n) is 2.29. The van der Waals surface area contributed by atoms with Crippen LogP contribution in [0.3, 0.4) is 0 Å². The molecule has 0 bridgehead atoms. The Morgan fingerprint density at radius 3 is 2.88 bits per heavy atom. The fourth-order valence-corrected chi connectivity index (χ4v) is 1.93. The second kappa shape index (κ2) is 4.13. The van der Waals surface area contributed by atoms with Gasteiger partial charge in [0, 0.05) is 0 Å². The Kier molecular flexibility index (Phi) is 3.28. The normalized spacial score (nSPS) is 23.0. The van der Waals surface area contributed by atoms with Crippen molar-refractivity contribution >= 4 is 16.7 Å². The van der Waals surface area contributed by atoms with Gasteiger partial charge in [-0.25, -0.2) is 11.4 Å². The van der Waals surface area contributed by atoms with Crippen LogP contribution in [0.4, 0.5) is 0 Å². The van der Waals surface area contributed by atoms with Gasteiger partial charge in [-0.15, -0.1) is 0 Å². The van der Waals surface area contributed by atoms with E-state index in [4.69, 9.17) is 0 Å². The largest absolute Gasteiger partial charge is 0.204 e. The summed E-state index contributed by atoms with van der Waals surface area (Å²) < 4.78 is 0. The first-order valence-corrected chi connectivity index (χ1v) is 4.63. The minimum atomic E-state index is 1.36. The number of rotatable bonds is 0. The molecule has 0 aromatic rings. The Balaban J connectivity index is 2.17. The molecule has 0 aromatic heterocycles. The third-order valence-electron chi connectivity index (χ3n) is 1.50. The van der Waals surface area contributed by atoms with E-state index in [9.17, 15) is 0 Å². The van der Waals surface area contributed by atoms with Crippen molar-refractivity contribution in [3.63, 3.8) is 0 Å². The molecule has 0 saturated heterocycles. The third-order valence-corrected chi connectivity index (χ3v) is 2.59. The summed E-state index contributed by atoms with van der Waals surface area (Å²) in [7, 11) is 0. The Morgan fingerprint density at radius 2 is 1.88 bits per heavy atom. The van der Waals surface area contributed by atoms with Gasteiger partial charge < -0.3 is 0 Å². The van der Waals surface area contributed by atoms with Gasteiger partial charge in [-0.1, -0.05) is 18.2 Å². The highest BCUT2D eigenvalue weighted by atomic mass is 32.1. The van der Waals surface area contributed by atoms with Crippen LogP contribution in [0, 0.1) is 0 Å². The van der Waals surface area contributed by atoms with Crippen molar-refractivity contribution in [2.45, 2.75) is 32.1 Å². The maximum Gasteiger partial charge on any atom is -0.0148 e. The van der Waals surface area contributed by atoms with E-state index in [0.29, 0.717) is 0 Å². The van der Waals surface area contributed by atoms with E-state index in [1.807, 2.05) is 0 Å². The summed E-state index contributed by atoms with van der Waals surface area (Å²) in [6.45, 7) is 0. The van der Waals surface area contributed by atoms with Crippen molar-refractivity contribution in [2.75, 3.05) is 5.75 Å². The maximum absolute atomic E-state index is 2.42. The van der Waals surface area contributed by atoms with Crippen molar-refractivity contribution in [3.05, 3.63) is 0 Å². The molecule has 1 heterocycles. The molecule has 8 heavy (non-hydrogen) atoms. The van der Waals surface area contributed by atoms with Crippen LogP contribution in [0.25, 0.3) is 0 Å². The van der Waals surface area contributed by atoms with Crippen LogP contribution >= 0.6 is 11.4 Å². The van der Waals surface area contributed by atoms with Gasteiger partial charge in [0.05, 0.1) is 0 Å². The molecular weight excluding hydrogens is 116 g/mol. The summed E-state index contributed by atoms with van der Waals surface area (Å²) in [6, 6.07) is 0. The maximum atomic E-state index is 2.42. The molecule has 0 fully saturated rings. The summed E-state index contributed by atoms with van der Waals surface area (Å²) in [5.74, 6) is 1.42. The molecule has 1 aliphatic heterocycles. The Bertz CT molecular complexity index is 66.5. The first-order chi connectivity index (χ1) is 4.00. The topological polar surface area (TPSA) is 0 Å². The molecule has 0 N–H and O–H groups in total. The minimum Gasteiger partial charge on any atom is -0.204 e. The molecule has 48 valence electrons. The Morgan fingerprint density at radius 1 is 1.00 bits per heavy atom. The molecule has 0 aromatic carbocycles. The lowest BCUT2D eigenvalue weighted by molar-refractivity contribution is 0.689. The first-order valence-electron chi connectivity index (χ1n) is 3.48. The molecule has 0 atom stereocenters. The number of hydrogen-bond donors (Lipinski definition) is 1. The highest BCUT2D eigenvalue weighted by Crippen LogP contribution is 2.07. The lowest BCUT2D eigenvalue weighted by atomic mass is 10.2. The zero-order chi connectivity index (χ0) is 5.66. The van der Waals surface area contributed by atoms with E-state index in [1.165, 1.54) is 37.9 Å². The predicted octanol–water partition coefficient (Wildman–Crippen LogP) is 2.22. The summed E-state index contributed by atoms with van der Waals surface area (Å²) in [5, 5.41) is 2.42. The number of thiol groups is 1. The van der Waals surface area contributed by atoms with Crippen LogP contribution < -0.4 is 0 Å². The van der Waals surface area contributed by atoms with E-state index < -0.39 is 0 Å². The molecule has 0 spiro atoms. The molecule has 0 unspecified atom stereocenters. The monoisotopic (exact) mass is 130 g/mol. The average molecular weight is 130 g/mol. The van der Waals surface area contributed by atoms with Gasteiger partial charge in [0.2, 0.25) is 0 Å². The summed E-state index contributed by atoms with van der Waals surface area (Å²) in [4.78, 5) is 0. The van der Waals surface area contributed by atoms with E-state index in [2.05, 4.69) is 5.37 Å². The Hall–Kier alpha value is 0.220. The molecule has 1 aliphatic rings. The lowest BCUT2D eigenvalue weighted by Crippen LogP contribution is -1.85. The van der Waals surface area contributed by atoms with Crippen molar-refractivity contribution < 1.29 is 0 Å². The fraction of sp³-hybridized carbons (Fsp3) is 0.857. The SMILES string of the molecule is C1=[SH]CCCCCC1. The van der Waals surface area contributed by atoms with Crippen LogP contribution in [0.2, 0.25) is 0 Å². The van der Waals surface area contributed by atoms with Crippen molar-refractivity contribution in [1.29, 1.82) is 0 Å². The van der Waals surface area contributed by atoms with Crippen LogP contribution in [-0.2, 0) is 0 Å². The van der Waals surface area contributed by atoms with E-state index in [1.54, 1.807) is 11.4 Å². The lowest BCUT2D eigenvalue weighted by Gasteiger charge is -2.00. The van der Waals surface area contributed by atoms with Crippen molar-refractivity contribution in [2.24, 2.45) is 0 Å². The molecule has 0 saturated carbocycles. The van der Waals surface area contributed by atoms with Gasteiger partial charge in [0.1, 0.15) is 0 Å². The molecule has 0 radical (unpaired) electrons. The van der Waals surface area contributed by atoms with Gasteiger partial charge >= 0.3 is 0 Å². The minimum absolute atomic E-state index is 1.36. The quantitative estimate of drug-likeness (QED) is 0.377. The number of hydrogen-bond acceptors (Lipinski definition) is 0. The van der Waals surface area contributed by atoms with Crippen LogP contribution in [0.1, 0.15) is 32.1 Å². The predicted molar refractivity (Wildman–Crippen MR) is 43.0 cm³/mol. The standard InChI is InChI=1S/C7H14S/c1-2-4-6-8-7-5-3-1/h6,8H,1-5,7H2. The second-order valence-corrected chi connectivity index (χ2v) is 3.47. The smallest absolute Gasteiger partial charge is 0.0148 e. The molecular formula is C7H14S. The zero-order valence-electron chi connectivity index (χ0n) is 5.27. The molecule has 0 amide bonds. The van der Waals surface area contributed by atoms with Gasteiger partial charge in [0.25, 0.3) is 0 Å². The summed E-state index contributed by atoms with van der Waals surface area (Å²) in [6.07, 6.45) is 7.19. The van der Waals surface area contributed by atoms with Crippen LogP contribution in [0.5, 0.6) is 0 Å². The van der Waals surface area contributed by atoms with Crippen LogP contribution in [0.15, 0.2) is 0 Å². The van der Waals surface area contributed by atoms with Crippen molar-refractivity contribution in [3.8, 4) is 0 Å². The highest BCUT2D eigenvalue weighted by molar-refractivity contribution is 7.97. The van der Waals surface area contributed by atoms with Crippen LogP contribution in [-0.4, -0.2) is 11.1 Å². The van der Waals surface area contributed by atoms with E-state index >= 15 is 0 Å². The molecule has 1 heteroatoms. The van der Waals surface area contributed by atoms with E-state index in [0.717, 1.165) is 0 Å².